The molecule has 0 radical (unpaired) electrons. The summed E-state index contributed by atoms with van der Waals surface area (Å²) in [7, 11) is 0. The third-order valence-corrected chi connectivity index (χ3v) is 5.24. The minimum absolute atomic E-state index is 0.103. The van der Waals surface area contributed by atoms with Crippen molar-refractivity contribution in [2.24, 2.45) is 0 Å². The average molecular weight is 352 g/mol. The van der Waals surface area contributed by atoms with E-state index in [0.717, 1.165) is 55.7 Å². The Kier molecular flexibility index (Phi) is 4.77. The molecule has 2 fully saturated rings. The van der Waals surface area contributed by atoms with Crippen molar-refractivity contribution in [2.75, 3.05) is 37.6 Å². The van der Waals surface area contributed by atoms with E-state index in [1.165, 1.54) is 0 Å². The van der Waals surface area contributed by atoms with Gasteiger partial charge in [0.25, 0.3) is 0 Å². The van der Waals surface area contributed by atoms with Crippen molar-refractivity contribution in [3.8, 4) is 6.07 Å². The lowest BCUT2D eigenvalue weighted by Crippen LogP contribution is -2.50. The van der Waals surface area contributed by atoms with E-state index in [0.29, 0.717) is 5.56 Å². The van der Waals surface area contributed by atoms with Crippen molar-refractivity contribution in [1.29, 1.82) is 5.26 Å². The van der Waals surface area contributed by atoms with Crippen LogP contribution in [0.1, 0.15) is 18.9 Å². The van der Waals surface area contributed by atoms with Gasteiger partial charge in [-0.2, -0.15) is 5.26 Å². The van der Waals surface area contributed by atoms with E-state index in [4.69, 9.17) is 4.74 Å². The monoisotopic (exact) mass is 352 g/mol. The van der Waals surface area contributed by atoms with Crippen molar-refractivity contribution in [3.63, 3.8) is 0 Å². The van der Waals surface area contributed by atoms with Crippen molar-refractivity contribution >= 4 is 16.6 Å². The molecule has 3 heterocycles. The predicted molar refractivity (Wildman–Crippen MR) is 100 cm³/mol. The third kappa shape index (κ3) is 3.38. The molecule has 2 aromatic rings. The highest BCUT2D eigenvalue weighted by atomic mass is 16.5. The van der Waals surface area contributed by atoms with Crippen LogP contribution in [0.3, 0.4) is 0 Å². The highest BCUT2D eigenvalue weighted by Crippen LogP contribution is 2.30. The normalized spacial score (nSPS) is 27.0. The number of nitrogens with zero attached hydrogens (tertiary/aromatic N) is 4. The van der Waals surface area contributed by atoms with Gasteiger partial charge in [-0.05, 0) is 37.6 Å². The molecule has 0 amide bonds. The number of hydrogen-bond donors (Lipinski definition) is 1. The Bertz CT molecular complexity index is 834. The molecule has 4 rings (SSSR count). The van der Waals surface area contributed by atoms with Crippen LogP contribution in [0, 0.1) is 11.3 Å². The number of hydrogen-bond acceptors (Lipinski definition) is 6. The first-order chi connectivity index (χ1) is 12.6. The first-order valence-corrected chi connectivity index (χ1v) is 9.22. The Balaban J connectivity index is 1.59. The molecule has 1 aromatic heterocycles. The van der Waals surface area contributed by atoms with Gasteiger partial charge in [-0.25, -0.2) is 0 Å². The largest absolute Gasteiger partial charge is 0.392 e. The van der Waals surface area contributed by atoms with E-state index < -0.39 is 0 Å². The number of nitriles is 1. The minimum atomic E-state index is -0.208. The number of ether oxygens (including phenoxy) is 1. The maximum Gasteiger partial charge on any atom is 0.101 e. The summed E-state index contributed by atoms with van der Waals surface area (Å²) in [6.07, 6.45) is 2.60. The molecule has 0 spiro atoms. The fourth-order valence-corrected chi connectivity index (χ4v) is 4.13. The molecule has 6 nitrogen and oxygen atoms in total. The lowest BCUT2D eigenvalue weighted by Gasteiger charge is -2.40. The molecule has 6 heteroatoms. The van der Waals surface area contributed by atoms with Gasteiger partial charge >= 0.3 is 0 Å². The Morgan fingerprint density at radius 1 is 1.31 bits per heavy atom. The summed E-state index contributed by atoms with van der Waals surface area (Å²) in [5, 5.41) is 20.1. The quantitative estimate of drug-likeness (QED) is 0.908. The van der Waals surface area contributed by atoms with Gasteiger partial charge in [-0.3, -0.25) is 9.88 Å². The zero-order chi connectivity index (χ0) is 18.1. The van der Waals surface area contributed by atoms with Crippen molar-refractivity contribution < 1.29 is 9.84 Å². The van der Waals surface area contributed by atoms with Gasteiger partial charge in [0.1, 0.15) is 6.07 Å². The summed E-state index contributed by atoms with van der Waals surface area (Å²) >= 11 is 0. The Morgan fingerprint density at radius 2 is 2.19 bits per heavy atom. The smallest absolute Gasteiger partial charge is 0.101 e. The highest BCUT2D eigenvalue weighted by molar-refractivity contribution is 5.95. The molecule has 0 aliphatic carbocycles. The molecular formula is C20H24N4O2. The molecule has 136 valence electrons. The standard InChI is InChI=1S/C20H24N4O2/c1-14-10-24(13-17(26-14)12-23-8-6-16(25)11-23)19-5-4-15(9-21)20-18(19)3-2-7-22-20/h2-5,7,14,16-17,25H,6,8,10-13H2,1H3/t14-,16+,17-/m1/s1. The minimum Gasteiger partial charge on any atom is -0.392 e. The highest BCUT2D eigenvalue weighted by Gasteiger charge is 2.30. The third-order valence-electron chi connectivity index (χ3n) is 5.24. The average Bonchev–Trinajstić information content (AvgIpc) is 3.05. The van der Waals surface area contributed by atoms with Crippen molar-refractivity contribution in [1.82, 2.24) is 9.88 Å². The maximum atomic E-state index is 9.75. The number of aliphatic hydroxyl groups excluding tert-OH is 1. The van der Waals surface area contributed by atoms with E-state index in [1.807, 2.05) is 24.3 Å². The topological polar surface area (TPSA) is 72.6 Å². The summed E-state index contributed by atoms with van der Waals surface area (Å²) in [5.74, 6) is 0. The fourth-order valence-electron chi connectivity index (χ4n) is 4.13. The second-order valence-electron chi connectivity index (χ2n) is 7.32. The van der Waals surface area contributed by atoms with Crippen LogP contribution in [0.2, 0.25) is 0 Å². The molecule has 0 saturated carbocycles. The van der Waals surface area contributed by atoms with Gasteiger partial charge < -0.3 is 14.7 Å². The van der Waals surface area contributed by atoms with Gasteiger partial charge in [-0.15, -0.1) is 0 Å². The number of anilines is 1. The Labute approximate surface area is 153 Å². The van der Waals surface area contributed by atoms with Gasteiger partial charge in [-0.1, -0.05) is 0 Å². The van der Waals surface area contributed by atoms with Crippen LogP contribution in [-0.4, -0.2) is 66.0 Å². The molecule has 0 bridgehead atoms. The van der Waals surface area contributed by atoms with Gasteiger partial charge in [0, 0.05) is 50.0 Å². The second-order valence-corrected chi connectivity index (χ2v) is 7.32. The summed E-state index contributed by atoms with van der Waals surface area (Å²) in [5.41, 5.74) is 2.47. The van der Waals surface area contributed by atoms with E-state index in [1.54, 1.807) is 6.20 Å². The van der Waals surface area contributed by atoms with Crippen LogP contribution >= 0.6 is 0 Å². The van der Waals surface area contributed by atoms with Crippen LogP contribution in [0.5, 0.6) is 0 Å². The van der Waals surface area contributed by atoms with Crippen LogP contribution in [0.25, 0.3) is 10.9 Å². The van der Waals surface area contributed by atoms with E-state index >= 15 is 0 Å². The maximum absolute atomic E-state index is 9.75. The van der Waals surface area contributed by atoms with Crippen molar-refractivity contribution in [2.45, 2.75) is 31.7 Å². The van der Waals surface area contributed by atoms with Gasteiger partial charge in [0.05, 0.1) is 29.4 Å². The molecule has 3 atom stereocenters. The van der Waals surface area contributed by atoms with E-state index in [2.05, 4.69) is 27.8 Å². The number of fused-ring (bicyclic) bond motifs is 1. The molecule has 0 unspecified atom stereocenters. The van der Waals surface area contributed by atoms with Crippen molar-refractivity contribution in [3.05, 3.63) is 36.0 Å². The number of morpholine rings is 1. The number of β-amino-alcohol motifs (C(OH)–C–C–N with tert-alkyl or cyclic N) is 1. The van der Waals surface area contributed by atoms with Crippen LogP contribution in [-0.2, 0) is 4.74 Å². The van der Waals surface area contributed by atoms with Crippen LogP contribution < -0.4 is 4.90 Å². The van der Waals surface area contributed by atoms with E-state index in [9.17, 15) is 10.4 Å². The summed E-state index contributed by atoms with van der Waals surface area (Å²) in [6, 6.07) is 10.1. The molecule has 26 heavy (non-hydrogen) atoms. The lowest BCUT2D eigenvalue weighted by molar-refractivity contribution is -0.0304. The Hall–Kier alpha value is -2.20. The van der Waals surface area contributed by atoms with Crippen LogP contribution in [0.15, 0.2) is 30.5 Å². The first kappa shape index (κ1) is 17.2. The number of likely N-dealkylation sites (tertiary alicyclic amines) is 1. The van der Waals surface area contributed by atoms with Gasteiger partial charge in [0.15, 0.2) is 0 Å². The fraction of sp³-hybridized carbons (Fsp3) is 0.500. The Morgan fingerprint density at radius 3 is 2.96 bits per heavy atom. The number of benzene rings is 1. The number of rotatable bonds is 3. The zero-order valence-corrected chi connectivity index (χ0v) is 15.0. The van der Waals surface area contributed by atoms with E-state index in [-0.39, 0.29) is 18.3 Å². The predicted octanol–water partition coefficient (Wildman–Crippen LogP) is 1.77. The number of aliphatic hydroxyl groups is 1. The zero-order valence-electron chi connectivity index (χ0n) is 15.0. The second kappa shape index (κ2) is 7.20. The summed E-state index contributed by atoms with van der Waals surface area (Å²) < 4.78 is 6.16. The molecule has 1 N–H and O–H groups in total. The van der Waals surface area contributed by atoms with Gasteiger partial charge in [0.2, 0.25) is 0 Å². The molecule has 2 aliphatic heterocycles. The molecule has 1 aromatic carbocycles. The summed E-state index contributed by atoms with van der Waals surface area (Å²) in [4.78, 5) is 9.05. The summed E-state index contributed by atoms with van der Waals surface area (Å²) in [6.45, 7) is 6.21. The first-order valence-electron chi connectivity index (χ1n) is 9.22. The number of pyridine rings is 1. The van der Waals surface area contributed by atoms with Crippen LogP contribution in [0.4, 0.5) is 5.69 Å². The number of aromatic nitrogens is 1. The molecule has 2 aliphatic rings. The molecular weight excluding hydrogens is 328 g/mol. The molecule has 2 saturated heterocycles. The lowest BCUT2D eigenvalue weighted by atomic mass is 10.1. The SMILES string of the molecule is C[C@@H]1CN(c2ccc(C#N)c3ncccc23)C[C@@H](CN2CC[C@H](O)C2)O1.